The van der Waals surface area contributed by atoms with E-state index in [1.165, 1.54) is 0 Å². The zero-order valence-electron chi connectivity index (χ0n) is 11.3. The molecule has 124 valence electrons. The fourth-order valence-electron chi connectivity index (χ4n) is 2.01. The molecule has 0 aromatic carbocycles. The first-order valence-corrected chi connectivity index (χ1v) is 7.95. The Morgan fingerprint density at radius 2 is 2.30 bits per heavy atom. The molecule has 0 saturated heterocycles. The molecule has 1 aliphatic rings. The number of aromatic amines is 1. The molecule has 0 saturated carbocycles. The van der Waals surface area contributed by atoms with Gasteiger partial charge >= 0.3 is 7.60 Å². The molecule has 5 N–H and O–H groups in total. The van der Waals surface area contributed by atoms with Crippen LogP contribution in [0.3, 0.4) is 0 Å². The van der Waals surface area contributed by atoms with Crippen molar-refractivity contribution in [2.75, 3.05) is 12.1 Å². The van der Waals surface area contributed by atoms with E-state index in [1.54, 1.807) is 0 Å². The van der Waals surface area contributed by atoms with Crippen LogP contribution in [0.15, 0.2) is 23.0 Å². The van der Waals surface area contributed by atoms with Gasteiger partial charge in [-0.1, -0.05) is 0 Å². The highest BCUT2D eigenvalue weighted by molar-refractivity contribution is 7.51. The van der Waals surface area contributed by atoms with Crippen molar-refractivity contribution in [1.29, 1.82) is 0 Å². The van der Waals surface area contributed by atoms with Crippen molar-refractivity contribution >= 4 is 24.7 Å². The molecule has 0 fully saturated rings. The molecule has 0 aliphatic carbocycles. The van der Waals surface area contributed by atoms with Crippen LogP contribution in [-0.2, 0) is 14.0 Å². The SMILES string of the molecule is Nc1nc2c(ncn2[C@@H]2O[C@H](OCP(=O)(O)O)C=C2F)c(=O)[nH]1. The Morgan fingerprint density at radius 1 is 1.57 bits per heavy atom. The summed E-state index contributed by atoms with van der Waals surface area (Å²) in [6.07, 6.45) is -1.53. The number of ether oxygens (including phenoxy) is 2. The summed E-state index contributed by atoms with van der Waals surface area (Å²) in [5, 5.41) is 0. The maximum Gasteiger partial charge on any atom is 0.351 e. The van der Waals surface area contributed by atoms with Crippen molar-refractivity contribution in [2.45, 2.75) is 12.5 Å². The van der Waals surface area contributed by atoms with Gasteiger partial charge in [-0.3, -0.25) is 18.9 Å². The van der Waals surface area contributed by atoms with Crippen LogP contribution >= 0.6 is 7.60 Å². The minimum absolute atomic E-state index is 0.00422. The molecule has 0 bridgehead atoms. The van der Waals surface area contributed by atoms with E-state index in [9.17, 15) is 13.8 Å². The van der Waals surface area contributed by atoms with Gasteiger partial charge in [-0.25, -0.2) is 9.37 Å². The third-order valence-corrected chi connectivity index (χ3v) is 3.39. The predicted octanol–water partition coefficient (Wildman–Crippen LogP) is -0.438. The van der Waals surface area contributed by atoms with Crippen molar-refractivity contribution in [2.24, 2.45) is 0 Å². The Morgan fingerprint density at radius 3 is 3.00 bits per heavy atom. The van der Waals surface area contributed by atoms with Gasteiger partial charge in [-0.15, -0.1) is 0 Å². The third kappa shape index (κ3) is 3.16. The highest BCUT2D eigenvalue weighted by Gasteiger charge is 2.32. The lowest BCUT2D eigenvalue weighted by Gasteiger charge is -2.16. The second kappa shape index (κ2) is 5.51. The van der Waals surface area contributed by atoms with E-state index in [0.29, 0.717) is 0 Å². The van der Waals surface area contributed by atoms with Gasteiger partial charge < -0.3 is 25.0 Å². The lowest BCUT2D eigenvalue weighted by molar-refractivity contribution is -0.130. The lowest BCUT2D eigenvalue weighted by atomic mass is 10.4. The molecule has 3 heterocycles. The van der Waals surface area contributed by atoms with Crippen molar-refractivity contribution in [3.05, 3.63) is 28.6 Å². The van der Waals surface area contributed by atoms with Crippen LogP contribution < -0.4 is 11.3 Å². The van der Waals surface area contributed by atoms with E-state index in [1.807, 2.05) is 0 Å². The number of rotatable bonds is 4. The number of hydrogen-bond donors (Lipinski definition) is 4. The molecule has 0 amide bonds. The average molecular weight is 347 g/mol. The minimum Gasteiger partial charge on any atom is -0.369 e. The van der Waals surface area contributed by atoms with Crippen molar-refractivity contribution in [1.82, 2.24) is 19.5 Å². The molecule has 2 atom stereocenters. The van der Waals surface area contributed by atoms with E-state index in [4.69, 9.17) is 25.0 Å². The van der Waals surface area contributed by atoms with Crippen molar-refractivity contribution in [3.8, 4) is 0 Å². The third-order valence-electron chi connectivity index (χ3n) is 2.90. The van der Waals surface area contributed by atoms with E-state index < -0.39 is 37.8 Å². The Bertz CT molecular complexity index is 887. The Balaban J connectivity index is 1.88. The minimum atomic E-state index is -4.42. The average Bonchev–Trinajstić information content (AvgIpc) is 2.99. The number of hydrogen-bond acceptors (Lipinski definition) is 7. The lowest BCUT2D eigenvalue weighted by Crippen LogP contribution is -2.18. The molecule has 11 nitrogen and oxygen atoms in total. The van der Waals surface area contributed by atoms with Gasteiger partial charge in [0.2, 0.25) is 5.95 Å². The number of fused-ring (bicyclic) bond motifs is 1. The van der Waals surface area contributed by atoms with E-state index >= 15 is 0 Å². The molecular formula is C10H11FN5O6P. The summed E-state index contributed by atoms with van der Waals surface area (Å²) in [4.78, 5) is 39.1. The number of nitrogens with zero attached hydrogens (tertiary/aromatic N) is 3. The van der Waals surface area contributed by atoms with Crippen LogP contribution in [0.2, 0.25) is 0 Å². The monoisotopic (exact) mass is 347 g/mol. The fourth-order valence-corrected chi connectivity index (χ4v) is 2.36. The van der Waals surface area contributed by atoms with Crippen molar-refractivity contribution < 1.29 is 28.2 Å². The van der Waals surface area contributed by atoms with Gasteiger partial charge in [0.25, 0.3) is 5.56 Å². The van der Waals surface area contributed by atoms with Crippen LogP contribution in [-0.4, -0.2) is 41.9 Å². The van der Waals surface area contributed by atoms with Gasteiger partial charge in [0.15, 0.2) is 35.9 Å². The highest BCUT2D eigenvalue weighted by Crippen LogP contribution is 2.37. The summed E-state index contributed by atoms with van der Waals surface area (Å²) in [6, 6.07) is 0. The van der Waals surface area contributed by atoms with Gasteiger partial charge in [0, 0.05) is 6.08 Å². The number of nitrogens with two attached hydrogens (primary N) is 1. The first-order chi connectivity index (χ1) is 10.7. The van der Waals surface area contributed by atoms with Crippen LogP contribution in [0, 0.1) is 0 Å². The first-order valence-electron chi connectivity index (χ1n) is 6.16. The second-order valence-corrected chi connectivity index (χ2v) is 6.23. The van der Waals surface area contributed by atoms with Crippen LogP contribution in [0.25, 0.3) is 11.2 Å². The molecule has 2 aromatic heterocycles. The molecule has 0 spiro atoms. The van der Waals surface area contributed by atoms with Gasteiger partial charge in [0.05, 0.1) is 6.33 Å². The smallest absolute Gasteiger partial charge is 0.351 e. The number of H-pyrrole nitrogens is 1. The van der Waals surface area contributed by atoms with Crippen molar-refractivity contribution in [3.63, 3.8) is 0 Å². The normalized spacial score (nSPS) is 21.8. The van der Waals surface area contributed by atoms with E-state index in [2.05, 4.69) is 15.0 Å². The summed E-state index contributed by atoms with van der Waals surface area (Å²) in [6.45, 7) is 0. The summed E-state index contributed by atoms with van der Waals surface area (Å²) in [7, 11) is -4.42. The summed E-state index contributed by atoms with van der Waals surface area (Å²) in [5.74, 6) is -0.971. The maximum absolute atomic E-state index is 14.0. The summed E-state index contributed by atoms with van der Waals surface area (Å²) < 4.78 is 35.9. The number of imidazole rings is 1. The molecule has 23 heavy (non-hydrogen) atoms. The Labute approximate surface area is 126 Å². The molecule has 3 rings (SSSR count). The number of nitrogen functional groups attached to an aromatic ring is 1. The number of nitrogens with one attached hydrogen (secondary N) is 1. The topological polar surface area (TPSA) is 166 Å². The molecule has 1 aliphatic heterocycles. The Kier molecular flexibility index (Phi) is 3.78. The molecule has 13 heteroatoms. The van der Waals surface area contributed by atoms with Gasteiger partial charge in [-0.05, 0) is 0 Å². The zero-order valence-corrected chi connectivity index (χ0v) is 12.2. The zero-order chi connectivity index (χ0) is 16.8. The standard InChI is InChI=1S/C10H11FN5O6P/c11-4-1-5(21-3-23(18,19)20)22-9(4)16-2-13-6-7(16)14-10(12)15-8(6)17/h1-2,5,9H,3H2,(H2,18,19,20)(H3,12,14,15,17)/t5-,9+/m0/s1. The van der Waals surface area contributed by atoms with Gasteiger partial charge in [-0.2, -0.15) is 4.98 Å². The number of anilines is 1. The maximum atomic E-state index is 14.0. The summed E-state index contributed by atoms with van der Waals surface area (Å²) in [5.41, 5.74) is 4.78. The first kappa shape index (κ1) is 15.8. The quantitative estimate of drug-likeness (QED) is 0.536. The van der Waals surface area contributed by atoms with E-state index in [0.717, 1.165) is 17.0 Å². The number of aromatic nitrogens is 4. The molecule has 0 unspecified atom stereocenters. The highest BCUT2D eigenvalue weighted by atomic mass is 31.2. The fraction of sp³-hybridized carbons (Fsp3) is 0.300. The molecule has 2 aromatic rings. The van der Waals surface area contributed by atoms with Crippen LogP contribution in [0.4, 0.5) is 10.3 Å². The van der Waals surface area contributed by atoms with Crippen LogP contribution in [0.5, 0.6) is 0 Å². The van der Waals surface area contributed by atoms with E-state index in [-0.39, 0.29) is 17.1 Å². The second-order valence-electron chi connectivity index (χ2n) is 4.64. The number of halogens is 1. The largest absolute Gasteiger partial charge is 0.369 e. The molecule has 0 radical (unpaired) electrons. The van der Waals surface area contributed by atoms with Crippen LogP contribution in [0.1, 0.15) is 6.23 Å². The molecular weight excluding hydrogens is 336 g/mol. The summed E-state index contributed by atoms with van der Waals surface area (Å²) >= 11 is 0. The van der Waals surface area contributed by atoms with Gasteiger partial charge in [0.1, 0.15) is 0 Å². The Hall–Kier alpha value is -2.11. The predicted molar refractivity (Wildman–Crippen MR) is 73.7 cm³/mol.